The van der Waals surface area contributed by atoms with Gasteiger partial charge in [-0.05, 0) is 24.6 Å². The Balaban J connectivity index is 1.72. The number of hydrogen-bond acceptors (Lipinski definition) is 3. The van der Waals surface area contributed by atoms with E-state index in [1.165, 1.54) is 17.0 Å². The van der Waals surface area contributed by atoms with Crippen molar-refractivity contribution in [1.29, 1.82) is 0 Å². The highest BCUT2D eigenvalue weighted by molar-refractivity contribution is 5.70. The summed E-state index contributed by atoms with van der Waals surface area (Å²) in [4.78, 5) is 13.3. The topological polar surface area (TPSA) is 41.6 Å². The Hall–Kier alpha value is -1.76. The molecule has 0 aliphatic carbocycles. The molecule has 2 fully saturated rings. The number of benzene rings is 1. The fourth-order valence-electron chi connectivity index (χ4n) is 3.04. The Morgan fingerprint density at radius 3 is 2.77 bits per heavy atom. The van der Waals surface area contributed by atoms with Gasteiger partial charge in [0.05, 0.1) is 12.1 Å². The van der Waals surface area contributed by atoms with Crippen LogP contribution in [0.4, 0.5) is 18.0 Å². The van der Waals surface area contributed by atoms with Crippen molar-refractivity contribution in [3.05, 3.63) is 35.4 Å². The molecule has 2 aliphatic rings. The third-order valence-corrected chi connectivity index (χ3v) is 4.22. The second-order valence-corrected chi connectivity index (χ2v) is 5.71. The van der Waals surface area contributed by atoms with E-state index in [9.17, 15) is 18.0 Å². The number of halogens is 3. The normalized spacial score (nSPS) is 25.6. The van der Waals surface area contributed by atoms with Gasteiger partial charge < -0.3 is 15.0 Å². The lowest BCUT2D eigenvalue weighted by Gasteiger charge is -2.18. The first kappa shape index (κ1) is 15.1. The van der Waals surface area contributed by atoms with E-state index in [1.54, 1.807) is 6.07 Å². The maximum atomic E-state index is 13.0. The number of carbonyl (C=O) groups is 1. The molecule has 7 heteroatoms. The lowest BCUT2D eigenvalue weighted by molar-refractivity contribution is -0.138. The van der Waals surface area contributed by atoms with Crippen LogP contribution in [0, 0.1) is 5.92 Å². The second-order valence-electron chi connectivity index (χ2n) is 5.71. The van der Waals surface area contributed by atoms with E-state index in [-0.39, 0.29) is 24.1 Å². The number of alkyl halides is 3. The lowest BCUT2D eigenvalue weighted by Crippen LogP contribution is -2.29. The summed E-state index contributed by atoms with van der Waals surface area (Å²) in [6, 6.07) is 5.33. The van der Waals surface area contributed by atoms with Gasteiger partial charge in [-0.2, -0.15) is 13.2 Å². The monoisotopic (exact) mass is 314 g/mol. The zero-order valence-corrected chi connectivity index (χ0v) is 11.9. The standard InChI is InChI=1S/C15H17F3N2O2/c16-15(17,18)12-4-2-1-3-11(12)8-20-9-13(22-14(20)21)10-5-6-19-7-10/h1-4,10,13,19H,5-9H2. The summed E-state index contributed by atoms with van der Waals surface area (Å²) in [5, 5.41) is 3.20. The molecule has 1 amide bonds. The number of nitrogens with one attached hydrogen (secondary N) is 1. The van der Waals surface area contributed by atoms with Crippen molar-refractivity contribution in [2.75, 3.05) is 19.6 Å². The molecule has 120 valence electrons. The summed E-state index contributed by atoms with van der Waals surface area (Å²) in [7, 11) is 0. The molecule has 2 aliphatic heterocycles. The summed E-state index contributed by atoms with van der Waals surface area (Å²) >= 11 is 0. The summed E-state index contributed by atoms with van der Waals surface area (Å²) in [6.45, 7) is 1.93. The minimum atomic E-state index is -4.42. The van der Waals surface area contributed by atoms with Gasteiger partial charge in [0.2, 0.25) is 0 Å². The van der Waals surface area contributed by atoms with Crippen molar-refractivity contribution in [2.24, 2.45) is 5.92 Å². The highest BCUT2D eigenvalue weighted by Gasteiger charge is 2.39. The first-order chi connectivity index (χ1) is 10.4. The number of rotatable bonds is 3. The molecule has 2 atom stereocenters. The molecule has 1 aromatic rings. The molecule has 4 nitrogen and oxygen atoms in total. The van der Waals surface area contributed by atoms with Crippen molar-refractivity contribution in [3.8, 4) is 0 Å². The van der Waals surface area contributed by atoms with Crippen molar-refractivity contribution >= 4 is 6.09 Å². The Kier molecular flexibility index (Phi) is 3.99. The van der Waals surface area contributed by atoms with Gasteiger partial charge in [0, 0.05) is 19.0 Å². The Bertz CT molecular complexity index is 556. The molecule has 3 rings (SSSR count). The number of carbonyl (C=O) groups excluding carboxylic acids is 1. The molecule has 0 aromatic heterocycles. The molecule has 0 bridgehead atoms. The van der Waals surface area contributed by atoms with E-state index < -0.39 is 17.8 Å². The predicted molar refractivity (Wildman–Crippen MR) is 73.1 cm³/mol. The highest BCUT2D eigenvalue weighted by Crippen LogP contribution is 2.33. The number of amides is 1. The van der Waals surface area contributed by atoms with Gasteiger partial charge in [-0.3, -0.25) is 0 Å². The van der Waals surface area contributed by atoms with Crippen LogP contribution in [-0.2, 0) is 17.5 Å². The zero-order valence-electron chi connectivity index (χ0n) is 11.9. The van der Waals surface area contributed by atoms with Gasteiger partial charge in [-0.25, -0.2) is 4.79 Å². The van der Waals surface area contributed by atoms with E-state index in [2.05, 4.69) is 5.32 Å². The molecule has 2 saturated heterocycles. The first-order valence-electron chi connectivity index (χ1n) is 7.26. The van der Waals surface area contributed by atoms with Crippen LogP contribution in [0.15, 0.2) is 24.3 Å². The van der Waals surface area contributed by atoms with E-state index in [0.29, 0.717) is 6.54 Å². The minimum Gasteiger partial charge on any atom is -0.444 e. The first-order valence-corrected chi connectivity index (χ1v) is 7.26. The Labute approximate surface area is 126 Å². The molecule has 0 saturated carbocycles. The zero-order chi connectivity index (χ0) is 15.7. The number of nitrogens with zero attached hydrogens (tertiary/aromatic N) is 1. The SMILES string of the molecule is O=C1OC(C2CCNC2)CN1Cc1ccccc1C(F)(F)F. The molecule has 0 radical (unpaired) electrons. The van der Waals surface area contributed by atoms with Gasteiger partial charge in [0.25, 0.3) is 0 Å². The van der Waals surface area contributed by atoms with Crippen LogP contribution in [0.3, 0.4) is 0 Å². The van der Waals surface area contributed by atoms with Crippen LogP contribution < -0.4 is 5.32 Å². The summed E-state index contributed by atoms with van der Waals surface area (Å²) in [5.41, 5.74) is -0.606. The largest absolute Gasteiger partial charge is 0.444 e. The quantitative estimate of drug-likeness (QED) is 0.932. The van der Waals surface area contributed by atoms with E-state index in [4.69, 9.17) is 4.74 Å². The molecule has 1 aromatic carbocycles. The third-order valence-electron chi connectivity index (χ3n) is 4.22. The van der Waals surface area contributed by atoms with E-state index in [0.717, 1.165) is 25.6 Å². The average molecular weight is 314 g/mol. The lowest BCUT2D eigenvalue weighted by atomic mass is 10.0. The Morgan fingerprint density at radius 2 is 2.09 bits per heavy atom. The fraction of sp³-hybridized carbons (Fsp3) is 0.533. The Morgan fingerprint density at radius 1 is 1.32 bits per heavy atom. The molecule has 0 spiro atoms. The fourth-order valence-corrected chi connectivity index (χ4v) is 3.04. The molecule has 22 heavy (non-hydrogen) atoms. The van der Waals surface area contributed by atoms with Gasteiger partial charge in [-0.15, -0.1) is 0 Å². The molecule has 2 heterocycles. The van der Waals surface area contributed by atoms with Gasteiger partial charge in [-0.1, -0.05) is 18.2 Å². The van der Waals surface area contributed by atoms with E-state index >= 15 is 0 Å². The van der Waals surface area contributed by atoms with Gasteiger partial charge in [0.15, 0.2) is 0 Å². The summed E-state index contributed by atoms with van der Waals surface area (Å²) in [6.07, 6.45) is -4.27. The number of hydrogen-bond donors (Lipinski definition) is 1. The average Bonchev–Trinajstić information content (AvgIpc) is 3.09. The van der Waals surface area contributed by atoms with Crippen LogP contribution in [-0.4, -0.2) is 36.7 Å². The van der Waals surface area contributed by atoms with Crippen LogP contribution in [0.1, 0.15) is 17.5 Å². The minimum absolute atomic E-state index is 0.0782. The number of ether oxygens (including phenoxy) is 1. The van der Waals surface area contributed by atoms with Crippen LogP contribution in [0.25, 0.3) is 0 Å². The molecular formula is C15H17F3N2O2. The number of cyclic esters (lactones) is 1. The molecular weight excluding hydrogens is 297 g/mol. The van der Waals surface area contributed by atoms with Crippen molar-refractivity contribution in [3.63, 3.8) is 0 Å². The van der Waals surface area contributed by atoms with Gasteiger partial charge in [0.1, 0.15) is 6.10 Å². The van der Waals surface area contributed by atoms with Crippen LogP contribution in [0.5, 0.6) is 0 Å². The van der Waals surface area contributed by atoms with Crippen LogP contribution in [0.2, 0.25) is 0 Å². The molecule has 1 N–H and O–H groups in total. The third kappa shape index (κ3) is 3.04. The second kappa shape index (κ2) is 5.79. The summed E-state index contributed by atoms with van der Waals surface area (Å²) < 4.78 is 44.3. The summed E-state index contributed by atoms with van der Waals surface area (Å²) in [5.74, 6) is 0.242. The van der Waals surface area contributed by atoms with Crippen molar-refractivity contribution < 1.29 is 22.7 Å². The predicted octanol–water partition coefficient (Wildman–Crippen LogP) is 2.64. The maximum absolute atomic E-state index is 13.0. The van der Waals surface area contributed by atoms with Crippen molar-refractivity contribution in [1.82, 2.24) is 10.2 Å². The van der Waals surface area contributed by atoms with E-state index in [1.807, 2.05) is 0 Å². The van der Waals surface area contributed by atoms with Crippen molar-refractivity contribution in [2.45, 2.75) is 25.2 Å². The maximum Gasteiger partial charge on any atom is 0.416 e. The van der Waals surface area contributed by atoms with Crippen LogP contribution >= 0.6 is 0 Å². The highest BCUT2D eigenvalue weighted by atomic mass is 19.4. The van der Waals surface area contributed by atoms with Gasteiger partial charge >= 0.3 is 12.3 Å². The molecule has 2 unspecified atom stereocenters. The smallest absolute Gasteiger partial charge is 0.416 e.